The molecule has 6 rings (SSSR count). The van der Waals surface area contributed by atoms with Crippen LogP contribution in [0.25, 0.3) is 6.08 Å². The number of para-hydroxylation sites is 1. The van der Waals surface area contributed by atoms with Gasteiger partial charge in [0.15, 0.2) is 11.5 Å². The van der Waals surface area contributed by atoms with Gasteiger partial charge in [0, 0.05) is 0 Å². The number of phenolic OH excluding ortho intramolecular Hbond substituents is 1. The summed E-state index contributed by atoms with van der Waals surface area (Å²) < 4.78 is 101. The number of allylic oxidation sites excluding steroid dienone is 1. The van der Waals surface area contributed by atoms with Crippen molar-refractivity contribution in [3.8, 4) is 17.2 Å². The Balaban J connectivity index is 1.37. The Labute approximate surface area is 327 Å². The number of ether oxygens (including phenoxy) is 2. The van der Waals surface area contributed by atoms with Crippen molar-refractivity contribution < 1.29 is 60.2 Å². The van der Waals surface area contributed by atoms with Gasteiger partial charge in [-0.05, 0) is 120 Å². The predicted molar refractivity (Wildman–Crippen MR) is 200 cm³/mol. The van der Waals surface area contributed by atoms with Crippen molar-refractivity contribution in [1.29, 1.82) is 0 Å². The zero-order valence-corrected chi connectivity index (χ0v) is 31.9. The molecule has 4 atom stereocenters. The summed E-state index contributed by atoms with van der Waals surface area (Å²) in [7, 11) is 0.0777. The summed E-state index contributed by atoms with van der Waals surface area (Å²) >= 11 is 2.01. The topological polar surface area (TPSA) is 106 Å². The zero-order valence-electron chi connectivity index (χ0n) is 29.7. The summed E-state index contributed by atoms with van der Waals surface area (Å²) in [6.07, 6.45) is -7.04. The van der Waals surface area contributed by atoms with E-state index in [1.807, 2.05) is 41.7 Å². The minimum atomic E-state index is -5.19. The van der Waals surface area contributed by atoms with Crippen LogP contribution >= 0.6 is 22.6 Å². The molecule has 0 aromatic heterocycles. The van der Waals surface area contributed by atoms with Gasteiger partial charge in [-0.3, -0.25) is 9.59 Å². The van der Waals surface area contributed by atoms with E-state index in [1.54, 1.807) is 36.4 Å². The van der Waals surface area contributed by atoms with Crippen molar-refractivity contribution >= 4 is 53.3 Å². The fourth-order valence-electron chi connectivity index (χ4n) is 7.88. The highest BCUT2D eigenvalue weighted by Crippen LogP contribution is 2.52. The lowest BCUT2D eigenvalue weighted by Gasteiger charge is -2.43. The van der Waals surface area contributed by atoms with Crippen LogP contribution in [0, 0.1) is 21.3 Å². The molecule has 292 valence electrons. The highest BCUT2D eigenvalue weighted by molar-refractivity contribution is 14.1. The molecule has 0 unspecified atom stereocenters. The maximum absolute atomic E-state index is 14.2. The molecule has 0 bridgehead atoms. The Bertz CT molecular complexity index is 1970. The van der Waals surface area contributed by atoms with E-state index in [2.05, 4.69) is 0 Å². The molecule has 2 saturated heterocycles. The van der Waals surface area contributed by atoms with Gasteiger partial charge < -0.3 is 24.3 Å². The molecular formula is C39H37BF6INO7. The molecule has 0 saturated carbocycles. The smallest absolute Gasteiger partial charge is 0.455 e. The van der Waals surface area contributed by atoms with E-state index in [1.165, 1.54) is 7.11 Å². The number of hydrogen-bond donors (Lipinski definition) is 2. The lowest BCUT2D eigenvalue weighted by molar-refractivity contribution is -0.143. The van der Waals surface area contributed by atoms with Crippen LogP contribution in [0.15, 0.2) is 77.4 Å². The van der Waals surface area contributed by atoms with Gasteiger partial charge in [0.05, 0.1) is 45.4 Å². The number of alkyl halides is 6. The fourth-order valence-corrected chi connectivity index (χ4v) is 8.51. The normalized spacial score (nSPS) is 21.9. The van der Waals surface area contributed by atoms with Gasteiger partial charge in [-0.1, -0.05) is 43.2 Å². The second kappa shape index (κ2) is 16.2. The number of hydrogen-bond acceptors (Lipinski definition) is 7. The molecule has 1 aliphatic carbocycles. The van der Waals surface area contributed by atoms with Crippen LogP contribution in [0.5, 0.6) is 17.2 Å². The molecule has 2 fully saturated rings. The van der Waals surface area contributed by atoms with Crippen LogP contribution in [0.4, 0.5) is 32.0 Å². The summed E-state index contributed by atoms with van der Waals surface area (Å²) in [5, 5.41) is 21.4. The van der Waals surface area contributed by atoms with E-state index in [9.17, 15) is 46.1 Å². The number of rotatable bonds is 11. The molecular weight excluding hydrogens is 846 g/mol. The van der Waals surface area contributed by atoms with Crippen LogP contribution in [0.1, 0.15) is 55.7 Å². The first-order valence-corrected chi connectivity index (χ1v) is 18.7. The number of anilines is 1. The van der Waals surface area contributed by atoms with Crippen molar-refractivity contribution in [2.75, 3.05) is 18.6 Å². The van der Waals surface area contributed by atoms with Crippen LogP contribution < -0.4 is 14.4 Å². The molecule has 16 heteroatoms. The van der Waals surface area contributed by atoms with Crippen molar-refractivity contribution in [2.24, 2.45) is 17.8 Å². The highest BCUT2D eigenvalue weighted by atomic mass is 127. The third kappa shape index (κ3) is 8.70. The summed E-state index contributed by atoms with van der Waals surface area (Å²) in [5.74, 6) is -4.16. The maximum Gasteiger partial charge on any atom is 0.455 e. The van der Waals surface area contributed by atoms with Crippen LogP contribution in [0.3, 0.4) is 0 Å². The minimum absolute atomic E-state index is 0.0214. The lowest BCUT2D eigenvalue weighted by Crippen LogP contribution is -2.46. The fraction of sp³-hybridized carbons (Fsp3) is 0.385. The van der Waals surface area contributed by atoms with Gasteiger partial charge in [0.25, 0.3) is 0 Å². The van der Waals surface area contributed by atoms with E-state index >= 15 is 0 Å². The van der Waals surface area contributed by atoms with Crippen LogP contribution in [-0.4, -0.2) is 48.9 Å². The number of halogens is 7. The molecule has 0 radical (unpaired) electrons. The zero-order chi connectivity index (χ0) is 39.8. The lowest BCUT2D eigenvalue weighted by atomic mass is 9.58. The standard InChI is InChI=1S/C39H37BF6INO7/c1-3-7-21(12-22-13-30(47)35(49)32(14-22)53-2)10-11-31-33-23(20-54-27-8-5-4-6-9-27)15-28-34(29(33)19-40(52)55-31)37(51)48(36(28)50)26-17-24(38(41,42)43)16-25(18-26)39(44,45)46/h4-6,8-9,12-14,16-18,28-29,31,34,49,52H,3,7,10-11,15,19-20H2,1-2H3/b21-12+/t28-,29+,31-,34-/m1/s1. The Kier molecular flexibility index (Phi) is 12.0. The Hall–Kier alpha value is -4.03. The molecule has 3 aromatic carbocycles. The van der Waals surface area contributed by atoms with Crippen LogP contribution in [-0.2, 0) is 26.6 Å². The third-order valence-corrected chi connectivity index (χ3v) is 11.1. The van der Waals surface area contributed by atoms with Gasteiger partial charge in [-0.15, -0.1) is 0 Å². The molecule has 2 amide bonds. The molecule has 0 spiro atoms. The number of imide groups is 1. The number of benzene rings is 3. The minimum Gasteiger partial charge on any atom is -0.504 e. The van der Waals surface area contributed by atoms with Crippen LogP contribution in [0.2, 0.25) is 6.32 Å². The van der Waals surface area contributed by atoms with Crippen molar-refractivity contribution in [2.45, 2.75) is 63.8 Å². The molecule has 2 N–H and O–H groups in total. The Morgan fingerprint density at radius 1 is 0.982 bits per heavy atom. The van der Waals surface area contributed by atoms with E-state index in [0.717, 1.165) is 17.6 Å². The number of aromatic hydroxyl groups is 1. The average molecular weight is 883 g/mol. The first kappa shape index (κ1) is 40.6. The largest absolute Gasteiger partial charge is 0.504 e. The molecule has 2 heterocycles. The number of amides is 2. The first-order chi connectivity index (χ1) is 26.0. The number of carbonyl (C=O) groups is 2. The van der Waals surface area contributed by atoms with E-state index in [4.69, 9.17) is 14.1 Å². The second-order valence-corrected chi connectivity index (χ2v) is 15.0. The Morgan fingerprint density at radius 2 is 1.65 bits per heavy atom. The van der Waals surface area contributed by atoms with Gasteiger partial charge in [0.1, 0.15) is 12.4 Å². The van der Waals surface area contributed by atoms with Crippen molar-refractivity contribution in [3.63, 3.8) is 0 Å². The summed E-state index contributed by atoms with van der Waals surface area (Å²) in [6.45, 7) is 1.98. The van der Waals surface area contributed by atoms with Gasteiger partial charge in [0.2, 0.25) is 11.8 Å². The maximum atomic E-state index is 14.2. The van der Waals surface area contributed by atoms with Gasteiger partial charge in [-0.25, -0.2) is 4.90 Å². The van der Waals surface area contributed by atoms with Crippen molar-refractivity contribution in [1.82, 2.24) is 0 Å². The average Bonchev–Trinajstić information content (AvgIpc) is 3.38. The molecule has 8 nitrogen and oxygen atoms in total. The van der Waals surface area contributed by atoms with E-state index in [0.29, 0.717) is 62.5 Å². The summed E-state index contributed by atoms with van der Waals surface area (Å²) in [6, 6.07) is 13.0. The Morgan fingerprint density at radius 3 is 2.27 bits per heavy atom. The summed E-state index contributed by atoms with van der Waals surface area (Å²) in [4.78, 5) is 28.7. The highest BCUT2D eigenvalue weighted by Gasteiger charge is 2.58. The SMILES string of the molecule is CCC/C(=C\c1cc(I)c(O)c(OC)c1)CC[C@H]1OB(O)C[C@H]2C1=C(COc1ccccc1)C[C@H]1C(=O)N(c3cc(C(F)(F)F)cc(C(F)(F)F)c3)C(=O)[C@H]12. The van der Waals surface area contributed by atoms with Crippen molar-refractivity contribution in [3.05, 3.63) is 97.6 Å². The summed E-state index contributed by atoms with van der Waals surface area (Å²) in [5.41, 5.74) is -1.08. The molecule has 3 aliphatic rings. The van der Waals surface area contributed by atoms with E-state index in [-0.39, 0.29) is 31.2 Å². The van der Waals surface area contributed by atoms with E-state index < -0.39 is 72.0 Å². The number of carbonyl (C=O) groups excluding carboxylic acids is 2. The molecule has 55 heavy (non-hydrogen) atoms. The first-order valence-electron chi connectivity index (χ1n) is 17.7. The molecule has 2 aliphatic heterocycles. The number of methoxy groups -OCH3 is 1. The van der Waals surface area contributed by atoms with Gasteiger partial charge in [-0.2, -0.15) is 26.3 Å². The number of phenols is 1. The predicted octanol–water partition coefficient (Wildman–Crippen LogP) is 9.09. The number of fused-ring (bicyclic) bond motifs is 3. The second-order valence-electron chi connectivity index (χ2n) is 13.8. The quantitative estimate of drug-likeness (QED) is 0.0651. The number of nitrogens with zero attached hydrogens (tertiary/aromatic N) is 1. The van der Waals surface area contributed by atoms with Gasteiger partial charge >= 0.3 is 19.5 Å². The molecule has 3 aromatic rings. The third-order valence-electron chi connectivity index (χ3n) is 10.2. The monoisotopic (exact) mass is 883 g/mol.